The van der Waals surface area contributed by atoms with Crippen molar-refractivity contribution in [2.75, 3.05) is 47.9 Å². The third-order valence-electron chi connectivity index (χ3n) is 5.65. The third kappa shape index (κ3) is 4.97. The van der Waals surface area contributed by atoms with Gasteiger partial charge in [0, 0.05) is 62.0 Å². The molecule has 8 nitrogen and oxygen atoms in total. The van der Waals surface area contributed by atoms with Gasteiger partial charge in [0.05, 0.1) is 10.6 Å². The zero-order valence-corrected chi connectivity index (χ0v) is 18.8. The molecule has 1 N–H and O–H groups in total. The van der Waals surface area contributed by atoms with Crippen molar-refractivity contribution in [2.24, 2.45) is 0 Å². The van der Waals surface area contributed by atoms with Gasteiger partial charge in [0.25, 0.3) is 5.69 Å². The van der Waals surface area contributed by atoms with E-state index in [0.29, 0.717) is 25.3 Å². The smallest absolute Gasteiger partial charge is 0.270 e. The summed E-state index contributed by atoms with van der Waals surface area (Å²) < 4.78 is 27.6. The topological polar surface area (TPSA) is 95.8 Å². The Kier molecular flexibility index (Phi) is 6.68. The van der Waals surface area contributed by atoms with E-state index in [1.165, 1.54) is 22.1 Å². The van der Waals surface area contributed by atoms with E-state index in [-0.39, 0.29) is 10.6 Å². The standard InChI is InChI=1S/C21H26N4O4S2/c26-25(27)19-7-8-20(21(15-19)31(28,29)24-9-1-2-10-24)22-16-17-3-5-18(6-4-17)23-11-13-30-14-12-23/h3-8,15,22H,1-2,9-14,16H2. The van der Waals surface area contributed by atoms with Crippen LogP contribution in [0.3, 0.4) is 0 Å². The first kappa shape index (κ1) is 21.9. The minimum atomic E-state index is -3.79. The van der Waals surface area contributed by atoms with E-state index in [1.807, 2.05) is 23.9 Å². The van der Waals surface area contributed by atoms with Crippen LogP contribution in [-0.4, -0.2) is 55.3 Å². The summed E-state index contributed by atoms with van der Waals surface area (Å²) in [5.41, 5.74) is 2.36. The summed E-state index contributed by atoms with van der Waals surface area (Å²) in [6.07, 6.45) is 1.61. The number of anilines is 2. The lowest BCUT2D eigenvalue weighted by atomic mass is 10.2. The first-order valence-corrected chi connectivity index (χ1v) is 13.0. The number of hydrogen-bond acceptors (Lipinski definition) is 7. The predicted molar refractivity (Wildman–Crippen MR) is 124 cm³/mol. The van der Waals surface area contributed by atoms with Crippen LogP contribution < -0.4 is 10.2 Å². The van der Waals surface area contributed by atoms with Gasteiger partial charge >= 0.3 is 0 Å². The number of non-ortho nitro benzene ring substituents is 1. The number of sulfonamides is 1. The van der Waals surface area contributed by atoms with Crippen molar-refractivity contribution in [1.29, 1.82) is 0 Å². The van der Waals surface area contributed by atoms with Crippen molar-refractivity contribution >= 4 is 38.8 Å². The van der Waals surface area contributed by atoms with Gasteiger partial charge in [-0.3, -0.25) is 10.1 Å². The molecule has 2 saturated heterocycles. The van der Waals surface area contributed by atoms with E-state index in [9.17, 15) is 18.5 Å². The van der Waals surface area contributed by atoms with Gasteiger partial charge in [-0.05, 0) is 36.6 Å². The van der Waals surface area contributed by atoms with Crippen molar-refractivity contribution in [3.05, 3.63) is 58.1 Å². The molecule has 0 aliphatic carbocycles. The first-order valence-electron chi connectivity index (χ1n) is 10.4. The molecule has 0 saturated carbocycles. The number of nitrogens with zero attached hydrogens (tertiary/aromatic N) is 3. The van der Waals surface area contributed by atoms with Gasteiger partial charge in [-0.2, -0.15) is 16.1 Å². The lowest BCUT2D eigenvalue weighted by molar-refractivity contribution is -0.385. The molecule has 2 heterocycles. The van der Waals surface area contributed by atoms with Crippen molar-refractivity contribution < 1.29 is 13.3 Å². The maximum Gasteiger partial charge on any atom is 0.270 e. The third-order valence-corrected chi connectivity index (χ3v) is 8.54. The van der Waals surface area contributed by atoms with Crippen LogP contribution in [-0.2, 0) is 16.6 Å². The minimum Gasteiger partial charge on any atom is -0.380 e. The molecule has 2 aliphatic heterocycles. The lowest BCUT2D eigenvalue weighted by Crippen LogP contribution is -2.32. The number of benzene rings is 2. The van der Waals surface area contributed by atoms with Gasteiger partial charge in [0.1, 0.15) is 4.90 Å². The molecule has 31 heavy (non-hydrogen) atoms. The molecule has 2 aromatic carbocycles. The molecule has 0 spiro atoms. The second-order valence-corrected chi connectivity index (χ2v) is 10.8. The van der Waals surface area contributed by atoms with E-state index in [2.05, 4.69) is 22.3 Å². The van der Waals surface area contributed by atoms with Gasteiger partial charge in [-0.1, -0.05) is 12.1 Å². The zero-order valence-electron chi connectivity index (χ0n) is 17.2. The molecule has 4 rings (SSSR count). The number of nitrogens with one attached hydrogen (secondary N) is 1. The quantitative estimate of drug-likeness (QED) is 0.497. The van der Waals surface area contributed by atoms with Crippen molar-refractivity contribution in [3.8, 4) is 0 Å². The fraction of sp³-hybridized carbons (Fsp3) is 0.429. The summed E-state index contributed by atoms with van der Waals surface area (Å²) in [6, 6.07) is 12.2. The number of thioether (sulfide) groups is 1. The van der Waals surface area contributed by atoms with Gasteiger partial charge < -0.3 is 10.2 Å². The molecular formula is C21H26N4O4S2. The monoisotopic (exact) mass is 462 g/mol. The summed E-state index contributed by atoms with van der Waals surface area (Å²) in [5.74, 6) is 2.27. The molecule has 0 amide bonds. The first-order chi connectivity index (χ1) is 14.9. The maximum atomic E-state index is 13.1. The van der Waals surface area contributed by atoms with Crippen LogP contribution in [0.4, 0.5) is 17.1 Å². The average molecular weight is 463 g/mol. The highest BCUT2D eigenvalue weighted by molar-refractivity contribution is 7.99. The van der Waals surface area contributed by atoms with Crippen molar-refractivity contribution in [2.45, 2.75) is 24.3 Å². The fourth-order valence-electron chi connectivity index (χ4n) is 3.90. The van der Waals surface area contributed by atoms with E-state index in [4.69, 9.17) is 0 Å². The second kappa shape index (κ2) is 9.46. The SMILES string of the molecule is O=[N+]([O-])c1ccc(NCc2ccc(N3CCSCC3)cc2)c(S(=O)(=O)N2CCCC2)c1. The van der Waals surface area contributed by atoms with E-state index in [0.717, 1.165) is 49.1 Å². The molecule has 0 unspecified atom stereocenters. The van der Waals surface area contributed by atoms with E-state index >= 15 is 0 Å². The van der Waals surface area contributed by atoms with Gasteiger partial charge in [-0.15, -0.1) is 0 Å². The van der Waals surface area contributed by atoms with E-state index in [1.54, 1.807) is 0 Å². The Bertz CT molecular complexity index is 1030. The van der Waals surface area contributed by atoms with Crippen LogP contribution in [0, 0.1) is 10.1 Å². The maximum absolute atomic E-state index is 13.1. The highest BCUT2D eigenvalue weighted by atomic mass is 32.2. The number of nitro benzene ring substituents is 1. The molecule has 166 valence electrons. The van der Waals surface area contributed by atoms with Crippen LogP contribution in [0.2, 0.25) is 0 Å². The summed E-state index contributed by atoms with van der Waals surface area (Å²) >= 11 is 1.97. The normalized spacial score (nSPS) is 17.6. The average Bonchev–Trinajstić information content (AvgIpc) is 3.34. The van der Waals surface area contributed by atoms with Crippen LogP contribution >= 0.6 is 11.8 Å². The van der Waals surface area contributed by atoms with Crippen LogP contribution in [0.25, 0.3) is 0 Å². The van der Waals surface area contributed by atoms with Crippen molar-refractivity contribution in [3.63, 3.8) is 0 Å². The van der Waals surface area contributed by atoms with Gasteiger partial charge in [-0.25, -0.2) is 8.42 Å². The summed E-state index contributed by atoms with van der Waals surface area (Å²) in [5, 5.41) is 14.4. The Balaban J connectivity index is 1.53. The number of hydrogen-bond donors (Lipinski definition) is 1. The molecule has 0 aromatic heterocycles. The fourth-order valence-corrected chi connectivity index (χ4v) is 6.50. The predicted octanol–water partition coefficient (Wildman–Crippen LogP) is 3.54. The molecular weight excluding hydrogens is 436 g/mol. The molecule has 10 heteroatoms. The molecule has 0 bridgehead atoms. The second-order valence-electron chi connectivity index (χ2n) is 7.67. The Labute approximate surface area is 186 Å². The molecule has 2 fully saturated rings. The minimum absolute atomic E-state index is 0.0361. The molecule has 0 atom stereocenters. The molecule has 2 aliphatic rings. The zero-order chi connectivity index (χ0) is 21.8. The summed E-state index contributed by atoms with van der Waals surface area (Å²) in [4.78, 5) is 13.0. The van der Waals surface area contributed by atoms with Crippen LogP contribution in [0.1, 0.15) is 18.4 Å². The van der Waals surface area contributed by atoms with Crippen LogP contribution in [0.15, 0.2) is 47.4 Å². The Morgan fingerprint density at radius 3 is 2.32 bits per heavy atom. The lowest BCUT2D eigenvalue weighted by Gasteiger charge is -2.28. The number of nitro groups is 1. The Morgan fingerprint density at radius 2 is 1.68 bits per heavy atom. The number of rotatable bonds is 7. The Hall–Kier alpha value is -2.30. The van der Waals surface area contributed by atoms with E-state index < -0.39 is 14.9 Å². The summed E-state index contributed by atoms with van der Waals surface area (Å²) in [6.45, 7) is 3.41. The highest BCUT2D eigenvalue weighted by Crippen LogP contribution is 2.31. The van der Waals surface area contributed by atoms with Gasteiger partial charge in [0.15, 0.2) is 0 Å². The Morgan fingerprint density at radius 1 is 1.00 bits per heavy atom. The molecule has 0 radical (unpaired) electrons. The largest absolute Gasteiger partial charge is 0.380 e. The van der Waals surface area contributed by atoms with Crippen LogP contribution in [0.5, 0.6) is 0 Å². The highest BCUT2D eigenvalue weighted by Gasteiger charge is 2.31. The summed E-state index contributed by atoms with van der Waals surface area (Å²) in [7, 11) is -3.79. The van der Waals surface area contributed by atoms with Crippen molar-refractivity contribution in [1.82, 2.24) is 4.31 Å². The molecule has 2 aromatic rings. The van der Waals surface area contributed by atoms with Gasteiger partial charge in [0.2, 0.25) is 10.0 Å².